The predicted molar refractivity (Wildman–Crippen MR) is 115 cm³/mol. The number of hydrogen-bond donors (Lipinski definition) is 2. The summed E-state index contributed by atoms with van der Waals surface area (Å²) in [6.45, 7) is 1.85. The number of esters is 1. The van der Waals surface area contributed by atoms with Crippen LogP contribution in [0, 0.1) is 0 Å². The highest BCUT2D eigenvalue weighted by Gasteiger charge is 2.18. The molecular weight excluding hydrogens is 402 g/mol. The van der Waals surface area contributed by atoms with Crippen LogP contribution in [-0.2, 0) is 20.7 Å². The molecule has 0 radical (unpaired) electrons. The zero-order valence-electron chi connectivity index (χ0n) is 16.4. The maximum atomic E-state index is 12.3. The molecular formula is C22H21N3O4S. The quantitative estimate of drug-likeness (QED) is 0.542. The van der Waals surface area contributed by atoms with Gasteiger partial charge in [-0.1, -0.05) is 48.5 Å². The Kier molecular flexibility index (Phi) is 7.29. The standard InChI is InChI=1S/C22H21N3O4S/c1-2-29-19(27)13-17-20(15-9-5-3-6-10-15)25-22(30-17)24-18(26)14-23-21(28)16-11-7-4-8-12-16/h3-12H,2,13-14H2,1H3,(H,23,28)(H,24,25,26). The van der Waals surface area contributed by atoms with E-state index in [1.54, 1.807) is 31.2 Å². The van der Waals surface area contributed by atoms with Crippen LogP contribution in [0.5, 0.6) is 0 Å². The van der Waals surface area contributed by atoms with E-state index >= 15 is 0 Å². The molecule has 0 saturated carbocycles. The Bertz CT molecular complexity index is 1020. The minimum atomic E-state index is -0.407. The zero-order valence-corrected chi connectivity index (χ0v) is 17.2. The summed E-state index contributed by atoms with van der Waals surface area (Å²) in [7, 11) is 0. The smallest absolute Gasteiger partial charge is 0.311 e. The molecule has 0 aliphatic rings. The third-order valence-corrected chi connectivity index (χ3v) is 5.02. The number of ether oxygens (including phenoxy) is 1. The van der Waals surface area contributed by atoms with Gasteiger partial charge in [0.2, 0.25) is 5.91 Å². The summed E-state index contributed by atoms with van der Waals surface area (Å²) in [5.41, 5.74) is 1.94. The van der Waals surface area contributed by atoms with Gasteiger partial charge in [0.05, 0.1) is 25.3 Å². The molecule has 1 aromatic heterocycles. The van der Waals surface area contributed by atoms with Crippen LogP contribution in [0.3, 0.4) is 0 Å². The van der Waals surface area contributed by atoms with Crippen molar-refractivity contribution in [1.82, 2.24) is 10.3 Å². The first kappa shape index (κ1) is 21.2. The van der Waals surface area contributed by atoms with Crippen LogP contribution >= 0.6 is 11.3 Å². The van der Waals surface area contributed by atoms with E-state index in [0.29, 0.717) is 27.9 Å². The molecule has 7 nitrogen and oxygen atoms in total. The van der Waals surface area contributed by atoms with E-state index < -0.39 is 5.91 Å². The number of benzene rings is 2. The molecule has 0 saturated heterocycles. The lowest BCUT2D eigenvalue weighted by Crippen LogP contribution is -2.32. The number of anilines is 1. The highest BCUT2D eigenvalue weighted by atomic mass is 32.1. The van der Waals surface area contributed by atoms with Gasteiger partial charge >= 0.3 is 5.97 Å². The zero-order chi connectivity index (χ0) is 21.3. The fourth-order valence-electron chi connectivity index (χ4n) is 2.71. The molecule has 8 heteroatoms. The van der Waals surface area contributed by atoms with E-state index in [-0.39, 0.29) is 24.8 Å². The highest BCUT2D eigenvalue weighted by Crippen LogP contribution is 2.31. The molecule has 2 aromatic carbocycles. The average Bonchev–Trinajstić information content (AvgIpc) is 3.15. The molecule has 0 spiro atoms. The van der Waals surface area contributed by atoms with Gasteiger partial charge in [0, 0.05) is 16.0 Å². The topological polar surface area (TPSA) is 97.4 Å². The van der Waals surface area contributed by atoms with Crippen LogP contribution in [0.2, 0.25) is 0 Å². The van der Waals surface area contributed by atoms with E-state index in [1.807, 2.05) is 36.4 Å². The largest absolute Gasteiger partial charge is 0.466 e. The molecule has 2 N–H and O–H groups in total. The Morgan fingerprint density at radius 2 is 1.67 bits per heavy atom. The normalized spacial score (nSPS) is 10.3. The summed E-state index contributed by atoms with van der Waals surface area (Å²) in [4.78, 5) is 41.5. The molecule has 30 heavy (non-hydrogen) atoms. The predicted octanol–water partition coefficient (Wildman–Crippen LogP) is 3.28. The van der Waals surface area contributed by atoms with Crippen molar-refractivity contribution in [2.24, 2.45) is 0 Å². The molecule has 0 atom stereocenters. The Balaban J connectivity index is 1.69. The number of thiazole rings is 1. The number of carbonyl (C=O) groups is 3. The molecule has 2 amide bonds. The maximum absolute atomic E-state index is 12.3. The lowest BCUT2D eigenvalue weighted by molar-refractivity contribution is -0.142. The number of nitrogens with zero attached hydrogens (tertiary/aromatic N) is 1. The van der Waals surface area contributed by atoms with Gasteiger partial charge in [0.15, 0.2) is 5.13 Å². The third-order valence-electron chi connectivity index (χ3n) is 4.05. The van der Waals surface area contributed by atoms with Crippen molar-refractivity contribution < 1.29 is 19.1 Å². The van der Waals surface area contributed by atoms with Crippen LogP contribution in [0.4, 0.5) is 5.13 Å². The lowest BCUT2D eigenvalue weighted by atomic mass is 10.1. The van der Waals surface area contributed by atoms with Crippen LogP contribution in [0.25, 0.3) is 11.3 Å². The first-order valence-corrected chi connectivity index (χ1v) is 10.2. The first-order chi connectivity index (χ1) is 14.6. The summed E-state index contributed by atoms with van der Waals surface area (Å²) >= 11 is 1.21. The summed E-state index contributed by atoms with van der Waals surface area (Å²) < 4.78 is 5.04. The first-order valence-electron chi connectivity index (χ1n) is 9.40. The van der Waals surface area contributed by atoms with Gasteiger partial charge in [-0.25, -0.2) is 4.98 Å². The molecule has 154 valence electrons. The van der Waals surface area contributed by atoms with Crippen molar-refractivity contribution in [2.45, 2.75) is 13.3 Å². The molecule has 0 fully saturated rings. The van der Waals surface area contributed by atoms with Gasteiger partial charge in [-0.2, -0.15) is 0 Å². The number of carbonyl (C=O) groups excluding carboxylic acids is 3. The second-order valence-electron chi connectivity index (χ2n) is 6.24. The maximum Gasteiger partial charge on any atom is 0.311 e. The van der Waals surface area contributed by atoms with Crippen molar-refractivity contribution in [1.29, 1.82) is 0 Å². The van der Waals surface area contributed by atoms with Gasteiger partial charge < -0.3 is 15.4 Å². The molecule has 0 bridgehead atoms. The molecule has 3 rings (SSSR count). The van der Waals surface area contributed by atoms with E-state index in [1.165, 1.54) is 11.3 Å². The molecule has 0 aliphatic heterocycles. The van der Waals surface area contributed by atoms with Gasteiger partial charge in [0.1, 0.15) is 0 Å². The fourth-order valence-corrected chi connectivity index (χ4v) is 3.69. The SMILES string of the molecule is CCOC(=O)Cc1sc(NC(=O)CNC(=O)c2ccccc2)nc1-c1ccccc1. The molecule has 0 aliphatic carbocycles. The van der Waals surface area contributed by atoms with Crippen molar-refractivity contribution in [2.75, 3.05) is 18.5 Å². The average molecular weight is 423 g/mol. The highest BCUT2D eigenvalue weighted by molar-refractivity contribution is 7.16. The summed E-state index contributed by atoms with van der Waals surface area (Å²) in [5, 5.41) is 5.61. The van der Waals surface area contributed by atoms with Gasteiger partial charge in [-0.3, -0.25) is 14.4 Å². The number of rotatable bonds is 8. The van der Waals surface area contributed by atoms with Gasteiger partial charge in [-0.05, 0) is 19.1 Å². The van der Waals surface area contributed by atoms with Crippen molar-refractivity contribution >= 4 is 34.3 Å². The summed E-state index contributed by atoms with van der Waals surface area (Å²) in [6, 6.07) is 18.1. The van der Waals surface area contributed by atoms with E-state index in [2.05, 4.69) is 15.6 Å². The summed E-state index contributed by atoms with van der Waals surface area (Å²) in [6.07, 6.45) is 0.0658. The van der Waals surface area contributed by atoms with Crippen LogP contribution in [0.1, 0.15) is 22.2 Å². The van der Waals surface area contributed by atoms with E-state index in [0.717, 1.165) is 5.56 Å². The Labute approximate surface area is 178 Å². The van der Waals surface area contributed by atoms with E-state index in [9.17, 15) is 14.4 Å². The molecule has 0 unspecified atom stereocenters. The minimum absolute atomic E-state index is 0.0658. The Morgan fingerprint density at radius 3 is 2.33 bits per heavy atom. The number of nitrogens with one attached hydrogen (secondary N) is 2. The fraction of sp³-hybridized carbons (Fsp3) is 0.182. The van der Waals surface area contributed by atoms with Crippen molar-refractivity contribution in [3.05, 3.63) is 71.1 Å². The third kappa shape index (κ3) is 5.74. The summed E-state index contributed by atoms with van der Waals surface area (Å²) in [5.74, 6) is -1.10. The Hall–Kier alpha value is -3.52. The minimum Gasteiger partial charge on any atom is -0.466 e. The van der Waals surface area contributed by atoms with Crippen LogP contribution in [0.15, 0.2) is 60.7 Å². The molecule has 1 heterocycles. The second-order valence-corrected chi connectivity index (χ2v) is 7.32. The molecule has 3 aromatic rings. The number of aromatic nitrogens is 1. The number of amides is 2. The monoisotopic (exact) mass is 423 g/mol. The number of hydrogen-bond acceptors (Lipinski definition) is 6. The van der Waals surface area contributed by atoms with Crippen molar-refractivity contribution in [3.63, 3.8) is 0 Å². The Morgan fingerprint density at radius 1 is 1.00 bits per heavy atom. The van der Waals surface area contributed by atoms with E-state index in [4.69, 9.17) is 4.74 Å². The lowest BCUT2D eigenvalue weighted by Gasteiger charge is -2.05. The van der Waals surface area contributed by atoms with Gasteiger partial charge in [0.25, 0.3) is 5.91 Å². The second kappa shape index (κ2) is 10.3. The van der Waals surface area contributed by atoms with Gasteiger partial charge in [-0.15, -0.1) is 11.3 Å². The van der Waals surface area contributed by atoms with Crippen LogP contribution in [-0.4, -0.2) is 35.9 Å². The van der Waals surface area contributed by atoms with Crippen molar-refractivity contribution in [3.8, 4) is 11.3 Å². The van der Waals surface area contributed by atoms with Crippen LogP contribution < -0.4 is 10.6 Å².